The number of carbonyl (C=O) groups is 3. The number of ether oxygens (including phenoxy) is 3. The molecule has 75 heavy (non-hydrogen) atoms. The lowest BCUT2D eigenvalue weighted by Crippen LogP contribution is -2.30. The first-order chi connectivity index (χ1) is 37.0. The molecule has 0 aromatic carbocycles. The summed E-state index contributed by atoms with van der Waals surface area (Å²) in [6.07, 6.45) is 93.0. The number of hydrogen-bond acceptors (Lipinski definition) is 6. The molecule has 0 unspecified atom stereocenters. The van der Waals surface area contributed by atoms with Crippen molar-refractivity contribution in [3.63, 3.8) is 0 Å². The summed E-state index contributed by atoms with van der Waals surface area (Å²) in [7, 11) is 0. The molecule has 1 atom stereocenters. The second-order valence-electron chi connectivity index (χ2n) is 18.1. The van der Waals surface area contributed by atoms with Crippen molar-refractivity contribution in [2.24, 2.45) is 0 Å². The van der Waals surface area contributed by atoms with Gasteiger partial charge in [-0.3, -0.25) is 14.4 Å². The molecule has 6 nitrogen and oxygen atoms in total. The highest BCUT2D eigenvalue weighted by Gasteiger charge is 2.19. The van der Waals surface area contributed by atoms with Crippen LogP contribution in [0.1, 0.15) is 201 Å². The van der Waals surface area contributed by atoms with Crippen LogP contribution in [0.2, 0.25) is 0 Å². The minimum Gasteiger partial charge on any atom is -0.462 e. The lowest BCUT2D eigenvalue weighted by molar-refractivity contribution is -0.166. The maximum Gasteiger partial charge on any atom is 0.306 e. The van der Waals surface area contributed by atoms with Crippen LogP contribution in [-0.4, -0.2) is 37.2 Å². The highest BCUT2D eigenvalue weighted by molar-refractivity contribution is 5.71. The molecule has 414 valence electrons. The van der Waals surface area contributed by atoms with Gasteiger partial charge in [-0.05, 0) is 141 Å². The lowest BCUT2D eigenvalue weighted by Gasteiger charge is -2.18. The van der Waals surface area contributed by atoms with Gasteiger partial charge in [-0.1, -0.05) is 234 Å². The Morgan fingerprint density at radius 1 is 0.280 bits per heavy atom. The maximum atomic E-state index is 12.8. The Labute approximate surface area is 458 Å². The molecule has 0 aromatic rings. The summed E-state index contributed by atoms with van der Waals surface area (Å²) in [6, 6.07) is 0. The van der Waals surface area contributed by atoms with E-state index in [4.69, 9.17) is 14.2 Å². The van der Waals surface area contributed by atoms with Crippen LogP contribution in [0.25, 0.3) is 0 Å². The van der Waals surface area contributed by atoms with Crippen LogP contribution < -0.4 is 0 Å². The molecule has 0 amide bonds. The zero-order valence-corrected chi connectivity index (χ0v) is 47.2. The van der Waals surface area contributed by atoms with E-state index in [1.807, 2.05) is 24.3 Å². The van der Waals surface area contributed by atoms with E-state index in [-0.39, 0.29) is 38.4 Å². The van der Waals surface area contributed by atoms with Crippen molar-refractivity contribution in [1.29, 1.82) is 0 Å². The Morgan fingerprint density at radius 2 is 0.547 bits per heavy atom. The summed E-state index contributed by atoms with van der Waals surface area (Å²) in [5, 5.41) is 0. The summed E-state index contributed by atoms with van der Waals surface area (Å²) in [4.78, 5) is 38.1. The van der Waals surface area contributed by atoms with Crippen LogP contribution in [0.4, 0.5) is 0 Å². The van der Waals surface area contributed by atoms with E-state index in [1.165, 1.54) is 25.7 Å². The van der Waals surface area contributed by atoms with Gasteiger partial charge in [0, 0.05) is 19.3 Å². The Bertz CT molecular complexity index is 1850. The summed E-state index contributed by atoms with van der Waals surface area (Å²) in [5.41, 5.74) is 0. The van der Waals surface area contributed by atoms with Crippen molar-refractivity contribution in [3.05, 3.63) is 194 Å². The van der Waals surface area contributed by atoms with E-state index in [2.05, 4.69) is 191 Å². The highest BCUT2D eigenvalue weighted by atomic mass is 16.6. The zero-order valence-electron chi connectivity index (χ0n) is 47.2. The molecule has 0 rings (SSSR count). The van der Waals surface area contributed by atoms with Gasteiger partial charge in [-0.25, -0.2) is 0 Å². The standard InChI is InChI=1S/C69H102O6/c1-4-7-10-13-16-19-22-25-28-31-34-37-40-43-46-49-52-55-58-61-67(70)73-64-66(75-69(72)63-60-57-54-51-48-45-42-39-36-33-30-27-24-21-18-15-12-9-6-3)65-74-68(71)62-59-56-53-50-47-44-41-38-35-32-29-26-23-20-17-14-11-8-5-2/h7,9-10,12,16-21,25-30,34-39,43-48,52,54-55,57,66H,4-6,8,11,13-15,22-24,31-33,40-42,49-51,53,56,58-65H2,1-3H3/b10-7+,12-9+,19-16+,20-17+,21-18+,28-25+,29-26+,30-27+,37-34+,38-35+,39-36+,46-43+,47-44+,48-45+,55-52+,57-54+/t66-/m0/s1. The maximum absolute atomic E-state index is 12.8. The number of esters is 3. The van der Waals surface area contributed by atoms with Crippen molar-refractivity contribution in [3.8, 4) is 0 Å². The second-order valence-corrected chi connectivity index (χ2v) is 18.1. The topological polar surface area (TPSA) is 78.9 Å². The smallest absolute Gasteiger partial charge is 0.306 e. The summed E-state index contributed by atoms with van der Waals surface area (Å²) < 4.78 is 16.7. The molecule has 0 N–H and O–H groups in total. The van der Waals surface area contributed by atoms with Gasteiger partial charge in [0.15, 0.2) is 6.10 Å². The SMILES string of the molecule is CC/C=C/C/C=C/C/C=C/C/C=C/C/C=C/C/C=C/CCC(=O)OC[C@@H](COC(=O)CCCCC/C=C/C/C=C/C/C=C/C/C=C/CCCCC)OC(=O)CC/C=C/C/C=C/C/C=C/C/C=C/C/C=C/C/C=C/CC. The number of hydrogen-bond donors (Lipinski definition) is 0. The minimum atomic E-state index is -0.876. The van der Waals surface area contributed by atoms with Gasteiger partial charge in [0.05, 0.1) is 0 Å². The summed E-state index contributed by atoms with van der Waals surface area (Å²) in [6.45, 7) is 6.20. The van der Waals surface area contributed by atoms with E-state index in [0.717, 1.165) is 116 Å². The largest absolute Gasteiger partial charge is 0.462 e. The first-order valence-electron chi connectivity index (χ1n) is 28.9. The quantitative estimate of drug-likeness (QED) is 0.0261. The minimum absolute atomic E-state index is 0.160. The average Bonchev–Trinajstić information content (AvgIpc) is 3.41. The predicted molar refractivity (Wildman–Crippen MR) is 324 cm³/mol. The van der Waals surface area contributed by atoms with Gasteiger partial charge < -0.3 is 14.2 Å². The molecule has 0 aliphatic heterocycles. The number of unbranched alkanes of at least 4 members (excludes halogenated alkanes) is 6. The summed E-state index contributed by atoms with van der Waals surface area (Å²) in [5.74, 6) is -1.17. The van der Waals surface area contributed by atoms with Gasteiger partial charge in [0.1, 0.15) is 13.2 Å². The van der Waals surface area contributed by atoms with Crippen molar-refractivity contribution < 1.29 is 28.6 Å². The molecule has 0 fully saturated rings. The van der Waals surface area contributed by atoms with Crippen LogP contribution in [0.3, 0.4) is 0 Å². The fourth-order valence-electron chi connectivity index (χ4n) is 6.83. The third-order valence-electron chi connectivity index (χ3n) is 11.1. The molecule has 6 heteroatoms. The summed E-state index contributed by atoms with van der Waals surface area (Å²) >= 11 is 0. The Kier molecular flexibility index (Phi) is 56.1. The van der Waals surface area contributed by atoms with Gasteiger partial charge in [-0.15, -0.1) is 0 Å². The number of carbonyl (C=O) groups excluding carboxylic acids is 3. The van der Waals surface area contributed by atoms with Crippen molar-refractivity contribution in [2.75, 3.05) is 13.2 Å². The fourth-order valence-corrected chi connectivity index (χ4v) is 6.83. The average molecular weight is 1030 g/mol. The van der Waals surface area contributed by atoms with Gasteiger partial charge in [0.2, 0.25) is 0 Å². The lowest BCUT2D eigenvalue weighted by atomic mass is 10.1. The first-order valence-corrected chi connectivity index (χ1v) is 28.9. The van der Waals surface area contributed by atoms with Gasteiger partial charge in [0.25, 0.3) is 0 Å². The van der Waals surface area contributed by atoms with Crippen molar-refractivity contribution in [2.45, 2.75) is 207 Å². The molecular weight excluding hydrogens is 925 g/mol. The van der Waals surface area contributed by atoms with Crippen LogP contribution in [0.5, 0.6) is 0 Å². The molecule has 0 saturated carbocycles. The molecule has 0 aliphatic carbocycles. The third kappa shape index (κ3) is 59.0. The van der Waals surface area contributed by atoms with Crippen molar-refractivity contribution in [1.82, 2.24) is 0 Å². The number of rotatable bonds is 49. The van der Waals surface area contributed by atoms with Crippen LogP contribution >= 0.6 is 0 Å². The van der Waals surface area contributed by atoms with Crippen LogP contribution in [-0.2, 0) is 28.6 Å². The molecule has 0 spiro atoms. The van der Waals surface area contributed by atoms with Gasteiger partial charge in [-0.2, -0.15) is 0 Å². The van der Waals surface area contributed by atoms with E-state index >= 15 is 0 Å². The predicted octanol–water partition coefficient (Wildman–Crippen LogP) is 19.9. The number of allylic oxidation sites excluding steroid dienone is 32. The molecular formula is C69H102O6. The Morgan fingerprint density at radius 3 is 0.867 bits per heavy atom. The van der Waals surface area contributed by atoms with E-state index in [1.54, 1.807) is 0 Å². The zero-order chi connectivity index (χ0) is 54.3. The first kappa shape index (κ1) is 69.2. The molecule has 0 bridgehead atoms. The van der Waals surface area contributed by atoms with E-state index < -0.39 is 18.0 Å². The van der Waals surface area contributed by atoms with Crippen molar-refractivity contribution >= 4 is 17.9 Å². The molecule has 0 heterocycles. The molecule has 0 aromatic heterocycles. The highest BCUT2D eigenvalue weighted by Crippen LogP contribution is 2.09. The molecule has 0 aliphatic rings. The van der Waals surface area contributed by atoms with Crippen LogP contribution in [0, 0.1) is 0 Å². The Hall–Kier alpha value is -5.75. The third-order valence-corrected chi connectivity index (χ3v) is 11.1. The molecule has 0 saturated heterocycles. The fraction of sp³-hybridized carbons (Fsp3) is 0.493. The van der Waals surface area contributed by atoms with Gasteiger partial charge >= 0.3 is 17.9 Å². The van der Waals surface area contributed by atoms with Crippen LogP contribution in [0.15, 0.2) is 194 Å². The monoisotopic (exact) mass is 1030 g/mol. The second kappa shape index (κ2) is 60.8. The van der Waals surface area contributed by atoms with E-state index in [9.17, 15) is 14.4 Å². The Balaban J connectivity index is 4.72. The van der Waals surface area contributed by atoms with E-state index in [0.29, 0.717) is 19.3 Å². The normalized spacial score (nSPS) is 13.6. The molecule has 0 radical (unpaired) electrons.